The van der Waals surface area contributed by atoms with Gasteiger partial charge >= 0.3 is 0 Å². The second kappa shape index (κ2) is 5.10. The summed E-state index contributed by atoms with van der Waals surface area (Å²) in [5, 5.41) is 18.0. The summed E-state index contributed by atoms with van der Waals surface area (Å²) in [5.41, 5.74) is 0.335. The van der Waals surface area contributed by atoms with Crippen molar-refractivity contribution in [3.05, 3.63) is 34.9 Å². The van der Waals surface area contributed by atoms with Crippen molar-refractivity contribution in [2.75, 3.05) is 13.2 Å². The van der Waals surface area contributed by atoms with E-state index in [-0.39, 0.29) is 19.0 Å². The van der Waals surface area contributed by atoms with Crippen LogP contribution < -0.4 is 0 Å². The first-order chi connectivity index (χ1) is 6.70. The van der Waals surface area contributed by atoms with Crippen LogP contribution in [0.2, 0.25) is 5.02 Å². The summed E-state index contributed by atoms with van der Waals surface area (Å²) in [6, 6.07) is 6.57. The van der Waals surface area contributed by atoms with Gasteiger partial charge < -0.3 is 10.2 Å². The first kappa shape index (κ1) is 11.2. The van der Waals surface area contributed by atoms with Crippen molar-refractivity contribution in [2.45, 2.75) is 0 Å². The average Bonchev–Trinajstić information content (AvgIpc) is 2.20. The summed E-state index contributed by atoms with van der Waals surface area (Å²) in [4.78, 5) is 11.6. The van der Waals surface area contributed by atoms with Crippen LogP contribution in [0.4, 0.5) is 0 Å². The number of rotatable bonds is 4. The maximum Gasteiger partial charge on any atom is 0.172 e. The Kier molecular flexibility index (Phi) is 4.07. The lowest BCUT2D eigenvalue weighted by Crippen LogP contribution is -2.22. The van der Waals surface area contributed by atoms with Gasteiger partial charge in [0.05, 0.1) is 24.2 Å². The number of ketones is 1. The maximum atomic E-state index is 11.6. The molecule has 0 saturated heterocycles. The SMILES string of the molecule is O=C(c1ccccc1Cl)C(CO)CO. The van der Waals surface area contributed by atoms with Gasteiger partial charge in [0.25, 0.3) is 0 Å². The van der Waals surface area contributed by atoms with Crippen molar-refractivity contribution < 1.29 is 15.0 Å². The first-order valence-corrected chi connectivity index (χ1v) is 4.59. The number of carbonyl (C=O) groups is 1. The van der Waals surface area contributed by atoms with Gasteiger partial charge in [0.15, 0.2) is 5.78 Å². The van der Waals surface area contributed by atoms with E-state index < -0.39 is 5.92 Å². The van der Waals surface area contributed by atoms with Crippen LogP contribution in [0.5, 0.6) is 0 Å². The summed E-state index contributed by atoms with van der Waals surface area (Å²) in [5.74, 6) is -1.12. The molecule has 0 atom stereocenters. The van der Waals surface area contributed by atoms with Gasteiger partial charge in [-0.3, -0.25) is 4.79 Å². The molecule has 0 saturated carbocycles. The van der Waals surface area contributed by atoms with Crippen LogP contribution in [0.1, 0.15) is 10.4 Å². The summed E-state index contributed by atoms with van der Waals surface area (Å²) in [6.45, 7) is -0.749. The fraction of sp³-hybridized carbons (Fsp3) is 0.300. The van der Waals surface area contributed by atoms with Crippen LogP contribution in [-0.2, 0) is 0 Å². The predicted molar refractivity (Wildman–Crippen MR) is 53.4 cm³/mol. The van der Waals surface area contributed by atoms with Crippen LogP contribution in [0.3, 0.4) is 0 Å². The third-order valence-corrected chi connectivity index (χ3v) is 2.28. The highest BCUT2D eigenvalue weighted by Gasteiger charge is 2.19. The van der Waals surface area contributed by atoms with Gasteiger partial charge in [0.2, 0.25) is 0 Å². The topological polar surface area (TPSA) is 57.5 Å². The Morgan fingerprint density at radius 2 is 1.86 bits per heavy atom. The number of aliphatic hydroxyl groups excluding tert-OH is 2. The fourth-order valence-corrected chi connectivity index (χ4v) is 1.33. The van der Waals surface area contributed by atoms with E-state index in [2.05, 4.69) is 0 Å². The zero-order chi connectivity index (χ0) is 10.6. The number of hydrogen-bond acceptors (Lipinski definition) is 3. The molecule has 14 heavy (non-hydrogen) atoms. The Labute approximate surface area is 86.9 Å². The molecular weight excluding hydrogens is 204 g/mol. The summed E-state index contributed by atoms with van der Waals surface area (Å²) < 4.78 is 0. The molecule has 0 aliphatic rings. The van der Waals surface area contributed by atoms with Crippen molar-refractivity contribution in [3.63, 3.8) is 0 Å². The van der Waals surface area contributed by atoms with E-state index in [0.717, 1.165) is 0 Å². The first-order valence-electron chi connectivity index (χ1n) is 4.21. The number of hydrogen-bond donors (Lipinski definition) is 2. The average molecular weight is 215 g/mol. The highest BCUT2D eigenvalue weighted by Crippen LogP contribution is 2.18. The molecule has 0 spiro atoms. The Morgan fingerprint density at radius 3 is 2.36 bits per heavy atom. The Balaban J connectivity index is 2.94. The molecular formula is C10H11ClO3. The van der Waals surface area contributed by atoms with Crippen LogP contribution in [-0.4, -0.2) is 29.2 Å². The van der Waals surface area contributed by atoms with E-state index in [1.807, 2.05) is 0 Å². The van der Waals surface area contributed by atoms with E-state index in [1.165, 1.54) is 0 Å². The predicted octanol–water partition coefficient (Wildman–Crippen LogP) is 1.12. The van der Waals surface area contributed by atoms with Crippen molar-refractivity contribution in [3.8, 4) is 0 Å². The molecule has 0 unspecified atom stereocenters. The molecule has 1 rings (SSSR count). The fourth-order valence-electron chi connectivity index (χ4n) is 1.10. The largest absolute Gasteiger partial charge is 0.396 e. The molecule has 76 valence electrons. The number of halogens is 1. The maximum absolute atomic E-state index is 11.6. The van der Waals surface area contributed by atoms with Crippen LogP contribution in [0, 0.1) is 5.92 Å². The summed E-state index contributed by atoms with van der Waals surface area (Å²) in [6.07, 6.45) is 0. The lowest BCUT2D eigenvalue weighted by molar-refractivity contribution is 0.0769. The minimum absolute atomic E-state index is 0.333. The Hall–Kier alpha value is -0.900. The Bertz CT molecular complexity index is 321. The highest BCUT2D eigenvalue weighted by molar-refractivity contribution is 6.34. The molecule has 0 aromatic heterocycles. The monoisotopic (exact) mass is 214 g/mol. The van der Waals surface area contributed by atoms with Crippen LogP contribution in [0.25, 0.3) is 0 Å². The second-order valence-electron chi connectivity index (χ2n) is 2.91. The molecule has 3 nitrogen and oxygen atoms in total. The van der Waals surface area contributed by atoms with Gasteiger partial charge in [-0.2, -0.15) is 0 Å². The lowest BCUT2D eigenvalue weighted by atomic mass is 9.99. The second-order valence-corrected chi connectivity index (χ2v) is 3.31. The van der Waals surface area contributed by atoms with Gasteiger partial charge in [-0.1, -0.05) is 23.7 Å². The van der Waals surface area contributed by atoms with Crippen LogP contribution in [0.15, 0.2) is 24.3 Å². The normalized spacial score (nSPS) is 10.6. The van der Waals surface area contributed by atoms with E-state index >= 15 is 0 Å². The minimum atomic E-state index is -0.783. The van der Waals surface area contributed by atoms with Crippen molar-refractivity contribution >= 4 is 17.4 Å². The van der Waals surface area contributed by atoms with Gasteiger partial charge in [-0.25, -0.2) is 0 Å². The molecule has 0 radical (unpaired) electrons. The third-order valence-electron chi connectivity index (χ3n) is 1.95. The van der Waals surface area contributed by atoms with Gasteiger partial charge in [-0.15, -0.1) is 0 Å². The highest BCUT2D eigenvalue weighted by atomic mass is 35.5. The third kappa shape index (κ3) is 2.32. The molecule has 4 heteroatoms. The molecule has 0 fully saturated rings. The quantitative estimate of drug-likeness (QED) is 0.739. The smallest absolute Gasteiger partial charge is 0.172 e. The van der Waals surface area contributed by atoms with Gasteiger partial charge in [0.1, 0.15) is 0 Å². The molecule has 0 amide bonds. The summed E-state index contributed by atoms with van der Waals surface area (Å²) in [7, 11) is 0. The van der Waals surface area contributed by atoms with Crippen molar-refractivity contribution in [1.82, 2.24) is 0 Å². The molecule has 0 aliphatic carbocycles. The number of Topliss-reactive ketones (excluding diaryl/α,β-unsaturated/α-hetero) is 1. The number of aliphatic hydroxyl groups is 2. The van der Waals surface area contributed by atoms with Gasteiger partial charge in [-0.05, 0) is 12.1 Å². The zero-order valence-electron chi connectivity index (χ0n) is 7.48. The molecule has 1 aromatic rings. The zero-order valence-corrected chi connectivity index (χ0v) is 8.24. The molecule has 1 aromatic carbocycles. The molecule has 0 bridgehead atoms. The number of benzene rings is 1. The van der Waals surface area contributed by atoms with E-state index in [0.29, 0.717) is 10.6 Å². The van der Waals surface area contributed by atoms with E-state index in [1.54, 1.807) is 24.3 Å². The summed E-state index contributed by atoms with van der Waals surface area (Å²) >= 11 is 5.79. The van der Waals surface area contributed by atoms with Gasteiger partial charge in [0, 0.05) is 5.56 Å². The minimum Gasteiger partial charge on any atom is -0.396 e. The standard InChI is InChI=1S/C10H11ClO3/c11-9-4-2-1-3-8(9)10(14)7(5-12)6-13/h1-4,7,12-13H,5-6H2. The van der Waals surface area contributed by atoms with E-state index in [9.17, 15) is 4.79 Å². The molecule has 0 heterocycles. The van der Waals surface area contributed by atoms with Crippen molar-refractivity contribution in [1.29, 1.82) is 0 Å². The van der Waals surface area contributed by atoms with Crippen molar-refractivity contribution in [2.24, 2.45) is 5.92 Å². The van der Waals surface area contributed by atoms with E-state index in [4.69, 9.17) is 21.8 Å². The Morgan fingerprint density at radius 1 is 1.29 bits per heavy atom. The lowest BCUT2D eigenvalue weighted by Gasteiger charge is -2.10. The number of carbonyl (C=O) groups excluding carboxylic acids is 1. The van der Waals surface area contributed by atoms with Crippen LogP contribution >= 0.6 is 11.6 Å². The molecule has 0 aliphatic heterocycles. The molecule has 2 N–H and O–H groups in total.